The lowest BCUT2D eigenvalue weighted by molar-refractivity contribution is -0.227. The van der Waals surface area contributed by atoms with Gasteiger partial charge in [0, 0.05) is 31.5 Å². The molecule has 1 amide bonds. The molecule has 1 aliphatic rings. The normalized spacial score (nSPS) is 20.0. The van der Waals surface area contributed by atoms with Gasteiger partial charge in [0.2, 0.25) is 5.91 Å². The number of aryl methyl sites for hydroxylation is 1. The van der Waals surface area contributed by atoms with Crippen LogP contribution in [0.25, 0.3) is 11.3 Å². The molecule has 2 heterocycles. The lowest BCUT2D eigenvalue weighted by atomic mass is 9.86. The van der Waals surface area contributed by atoms with E-state index in [9.17, 15) is 22.8 Å². The number of carbonyl (C=O) groups is 2. The molecule has 1 aromatic carbocycles. The molecule has 0 bridgehead atoms. The van der Waals surface area contributed by atoms with Crippen molar-refractivity contribution in [2.24, 2.45) is 5.41 Å². The molecule has 1 aromatic heterocycles. The first-order chi connectivity index (χ1) is 12.7. The highest BCUT2D eigenvalue weighted by Gasteiger charge is 2.64. The minimum atomic E-state index is -4.92. The van der Waals surface area contributed by atoms with Gasteiger partial charge in [0.15, 0.2) is 17.1 Å². The number of carboxylic acid groups (broad SMARTS) is 1. The summed E-state index contributed by atoms with van der Waals surface area (Å²) in [7, 11) is 0. The molecule has 0 spiro atoms. The number of hydrogen-bond acceptors (Lipinski definition) is 4. The number of aliphatic carboxylic acids is 1. The number of benzene rings is 1. The van der Waals surface area contributed by atoms with E-state index in [1.165, 1.54) is 6.20 Å². The van der Waals surface area contributed by atoms with Crippen LogP contribution in [0.5, 0.6) is 0 Å². The fourth-order valence-corrected chi connectivity index (χ4v) is 3.08. The van der Waals surface area contributed by atoms with E-state index in [0.717, 1.165) is 10.5 Å². The largest absolute Gasteiger partial charge is 0.481 e. The summed E-state index contributed by atoms with van der Waals surface area (Å²) >= 11 is 0. The molecule has 2 aromatic rings. The molecule has 0 radical (unpaired) electrons. The Kier molecular flexibility index (Phi) is 4.95. The maximum Gasteiger partial charge on any atom is 0.406 e. The van der Waals surface area contributed by atoms with E-state index in [-0.39, 0.29) is 19.4 Å². The fourth-order valence-electron chi connectivity index (χ4n) is 3.08. The Hall–Kier alpha value is -2.84. The van der Waals surface area contributed by atoms with Gasteiger partial charge in [-0.2, -0.15) is 13.2 Å². The zero-order valence-corrected chi connectivity index (χ0v) is 14.2. The Morgan fingerprint density at radius 3 is 2.56 bits per heavy atom. The average Bonchev–Trinajstić information content (AvgIpc) is 3.28. The summed E-state index contributed by atoms with van der Waals surface area (Å²) in [5.74, 6) is -1.68. The molecule has 1 aliphatic heterocycles. The summed E-state index contributed by atoms with van der Waals surface area (Å²) in [5.41, 5.74) is -2.08. The average molecular weight is 382 g/mol. The number of oxazole rings is 1. The molecule has 0 saturated carbocycles. The molecule has 1 fully saturated rings. The van der Waals surface area contributed by atoms with Crippen molar-refractivity contribution in [3.63, 3.8) is 0 Å². The maximum atomic E-state index is 13.2. The van der Waals surface area contributed by atoms with Gasteiger partial charge in [0.05, 0.1) is 6.20 Å². The van der Waals surface area contributed by atoms with E-state index in [2.05, 4.69) is 4.98 Å². The highest BCUT2D eigenvalue weighted by atomic mass is 19.4. The number of carboxylic acids is 1. The number of alkyl halides is 3. The van der Waals surface area contributed by atoms with Gasteiger partial charge in [-0.1, -0.05) is 30.3 Å². The smallest absolute Gasteiger partial charge is 0.406 e. The van der Waals surface area contributed by atoms with Crippen molar-refractivity contribution in [1.29, 1.82) is 0 Å². The van der Waals surface area contributed by atoms with Gasteiger partial charge in [-0.05, 0) is 6.42 Å². The van der Waals surface area contributed by atoms with Crippen LogP contribution in [0.15, 0.2) is 40.9 Å². The van der Waals surface area contributed by atoms with Crippen molar-refractivity contribution < 1.29 is 32.3 Å². The summed E-state index contributed by atoms with van der Waals surface area (Å²) in [6, 6.07) is 9.20. The monoisotopic (exact) mass is 382 g/mol. The molecule has 1 saturated heterocycles. The topological polar surface area (TPSA) is 83.6 Å². The predicted molar refractivity (Wildman–Crippen MR) is 87.6 cm³/mol. The molecule has 6 nitrogen and oxygen atoms in total. The van der Waals surface area contributed by atoms with Gasteiger partial charge in [0.25, 0.3) is 0 Å². The molecule has 1 unspecified atom stereocenters. The first kappa shape index (κ1) is 18.9. The van der Waals surface area contributed by atoms with Crippen molar-refractivity contribution in [3.8, 4) is 11.3 Å². The van der Waals surface area contributed by atoms with Crippen molar-refractivity contribution in [2.75, 3.05) is 13.1 Å². The van der Waals surface area contributed by atoms with Crippen molar-refractivity contribution in [2.45, 2.75) is 25.4 Å². The summed E-state index contributed by atoms with van der Waals surface area (Å²) in [6.45, 7) is -1.11. The minimum absolute atomic E-state index is 0.109. The van der Waals surface area contributed by atoms with Crippen LogP contribution in [0.1, 0.15) is 18.7 Å². The van der Waals surface area contributed by atoms with Crippen LogP contribution in [0, 0.1) is 5.41 Å². The molecule has 9 heteroatoms. The standard InChI is InChI=1S/C18H17F3N2O4/c19-18(20,21)17(16(25)26)8-9-23(11-17)15(24)7-6-14-22-10-13(27-14)12-4-2-1-3-5-12/h1-5,10H,6-9,11H2,(H,25,26). The van der Waals surface area contributed by atoms with Crippen LogP contribution in [-0.2, 0) is 16.0 Å². The molecule has 1 atom stereocenters. The van der Waals surface area contributed by atoms with Crippen LogP contribution in [0.3, 0.4) is 0 Å². The van der Waals surface area contributed by atoms with Gasteiger partial charge >= 0.3 is 12.1 Å². The van der Waals surface area contributed by atoms with E-state index >= 15 is 0 Å². The lowest BCUT2D eigenvalue weighted by Crippen LogP contribution is -2.47. The number of nitrogens with zero attached hydrogens (tertiary/aromatic N) is 2. The molecule has 144 valence electrons. The Labute approximate surface area is 152 Å². The predicted octanol–water partition coefficient (Wildman–Crippen LogP) is 3.14. The quantitative estimate of drug-likeness (QED) is 0.859. The van der Waals surface area contributed by atoms with Gasteiger partial charge in [-0.25, -0.2) is 4.98 Å². The van der Waals surface area contributed by atoms with Gasteiger partial charge in [-0.15, -0.1) is 0 Å². The van der Waals surface area contributed by atoms with Crippen molar-refractivity contribution >= 4 is 11.9 Å². The first-order valence-electron chi connectivity index (χ1n) is 8.31. The Morgan fingerprint density at radius 2 is 1.96 bits per heavy atom. The molecule has 3 rings (SSSR count). The van der Waals surface area contributed by atoms with Gasteiger partial charge in [0.1, 0.15) is 0 Å². The second-order valence-electron chi connectivity index (χ2n) is 6.43. The Balaban J connectivity index is 1.61. The highest BCUT2D eigenvalue weighted by molar-refractivity contribution is 5.81. The molecular weight excluding hydrogens is 365 g/mol. The van der Waals surface area contributed by atoms with Crippen molar-refractivity contribution in [3.05, 3.63) is 42.4 Å². The van der Waals surface area contributed by atoms with Gasteiger partial charge < -0.3 is 14.4 Å². The zero-order chi connectivity index (χ0) is 19.7. The van der Waals surface area contributed by atoms with E-state index in [1.54, 1.807) is 0 Å². The van der Waals surface area contributed by atoms with E-state index in [4.69, 9.17) is 9.52 Å². The summed E-state index contributed by atoms with van der Waals surface area (Å²) in [4.78, 5) is 28.4. The second-order valence-corrected chi connectivity index (χ2v) is 6.43. The van der Waals surface area contributed by atoms with E-state index in [1.807, 2.05) is 30.3 Å². The third-order valence-electron chi connectivity index (χ3n) is 4.74. The molecule has 27 heavy (non-hydrogen) atoms. The van der Waals surface area contributed by atoms with E-state index in [0.29, 0.717) is 11.7 Å². The number of amides is 1. The van der Waals surface area contributed by atoms with Crippen LogP contribution >= 0.6 is 0 Å². The third kappa shape index (κ3) is 3.67. The maximum absolute atomic E-state index is 13.2. The minimum Gasteiger partial charge on any atom is -0.481 e. The summed E-state index contributed by atoms with van der Waals surface area (Å²) < 4.78 is 45.1. The van der Waals surface area contributed by atoms with Crippen LogP contribution < -0.4 is 0 Å². The number of halogens is 3. The SMILES string of the molecule is O=C(CCc1ncc(-c2ccccc2)o1)N1CCC(C(=O)O)(C(F)(F)F)C1. The Bertz CT molecular complexity index is 835. The first-order valence-corrected chi connectivity index (χ1v) is 8.31. The number of hydrogen-bond donors (Lipinski definition) is 1. The summed E-state index contributed by atoms with van der Waals surface area (Å²) in [5, 5.41) is 9.03. The number of rotatable bonds is 5. The summed E-state index contributed by atoms with van der Waals surface area (Å²) in [6.07, 6.45) is -4.03. The number of carbonyl (C=O) groups excluding carboxylic acids is 1. The zero-order valence-electron chi connectivity index (χ0n) is 14.2. The van der Waals surface area contributed by atoms with Crippen LogP contribution in [0.2, 0.25) is 0 Å². The van der Waals surface area contributed by atoms with Crippen LogP contribution in [0.4, 0.5) is 13.2 Å². The van der Waals surface area contributed by atoms with Gasteiger partial charge in [-0.3, -0.25) is 9.59 Å². The van der Waals surface area contributed by atoms with Crippen LogP contribution in [-0.4, -0.2) is 46.1 Å². The lowest BCUT2D eigenvalue weighted by Gasteiger charge is -2.27. The van der Waals surface area contributed by atoms with E-state index < -0.39 is 36.4 Å². The highest BCUT2D eigenvalue weighted by Crippen LogP contribution is 2.45. The number of aromatic nitrogens is 1. The molecule has 0 aliphatic carbocycles. The molecule has 1 N–H and O–H groups in total. The molecular formula is C18H17F3N2O4. The van der Waals surface area contributed by atoms with Crippen molar-refractivity contribution in [1.82, 2.24) is 9.88 Å². The fraction of sp³-hybridized carbons (Fsp3) is 0.389. The number of likely N-dealkylation sites (tertiary alicyclic amines) is 1. The Morgan fingerprint density at radius 1 is 1.26 bits per heavy atom. The second kappa shape index (κ2) is 7.05. The third-order valence-corrected chi connectivity index (χ3v) is 4.74.